The molecule has 0 saturated heterocycles. The molecule has 0 spiro atoms. The van der Waals surface area contributed by atoms with Gasteiger partial charge in [-0.1, -0.05) is 22.9 Å². The number of carbonyl (C=O) groups excluding carboxylic acids is 2. The molecule has 0 N–H and O–H groups in total. The van der Waals surface area contributed by atoms with Gasteiger partial charge in [0, 0.05) is 17.3 Å². The van der Waals surface area contributed by atoms with Crippen LogP contribution in [0.2, 0.25) is 5.02 Å². The number of esters is 1. The number of nitro benzene ring substituents is 1. The zero-order chi connectivity index (χ0) is 22.9. The molecule has 3 rings (SSSR count). The zero-order valence-corrected chi connectivity index (χ0v) is 18.5. The van der Waals surface area contributed by atoms with Crippen molar-refractivity contribution < 1.29 is 27.7 Å². The van der Waals surface area contributed by atoms with Gasteiger partial charge in [-0.2, -0.15) is 4.99 Å². The van der Waals surface area contributed by atoms with Crippen LogP contribution in [0, 0.1) is 10.1 Å². The molecule has 0 aliphatic carbocycles. The first-order valence-corrected chi connectivity index (χ1v) is 11.5. The van der Waals surface area contributed by atoms with Crippen LogP contribution in [0.5, 0.6) is 0 Å². The van der Waals surface area contributed by atoms with Gasteiger partial charge in [-0.25, -0.2) is 8.42 Å². The Labute approximate surface area is 184 Å². The molecule has 0 aliphatic heterocycles. The molecule has 0 radical (unpaired) electrons. The van der Waals surface area contributed by atoms with Gasteiger partial charge in [0.15, 0.2) is 14.6 Å². The van der Waals surface area contributed by atoms with Crippen molar-refractivity contribution in [3.8, 4) is 0 Å². The average molecular weight is 484 g/mol. The zero-order valence-electron chi connectivity index (χ0n) is 16.1. The summed E-state index contributed by atoms with van der Waals surface area (Å²) in [6.07, 6.45) is 1.05. The second kappa shape index (κ2) is 8.57. The van der Waals surface area contributed by atoms with Gasteiger partial charge in [-0.3, -0.25) is 19.7 Å². The predicted octanol–water partition coefficient (Wildman–Crippen LogP) is 2.58. The Morgan fingerprint density at radius 2 is 1.97 bits per heavy atom. The minimum Gasteiger partial charge on any atom is -0.468 e. The smallest absolute Gasteiger partial charge is 0.325 e. The first-order valence-electron chi connectivity index (χ1n) is 8.44. The van der Waals surface area contributed by atoms with Crippen molar-refractivity contribution in [2.45, 2.75) is 11.4 Å². The molecule has 0 saturated carbocycles. The Hall–Kier alpha value is -3.09. The van der Waals surface area contributed by atoms with Crippen LogP contribution >= 0.6 is 22.9 Å². The Morgan fingerprint density at radius 3 is 2.58 bits per heavy atom. The number of carbonyl (C=O) groups is 2. The third-order valence-electron chi connectivity index (χ3n) is 4.18. The molecule has 31 heavy (non-hydrogen) atoms. The maximum absolute atomic E-state index is 12.8. The quantitative estimate of drug-likeness (QED) is 0.309. The highest BCUT2D eigenvalue weighted by Gasteiger charge is 2.21. The number of amides is 1. The van der Waals surface area contributed by atoms with Crippen molar-refractivity contribution in [3.63, 3.8) is 0 Å². The summed E-state index contributed by atoms with van der Waals surface area (Å²) in [6, 6.07) is 7.75. The first-order chi connectivity index (χ1) is 14.5. The first kappa shape index (κ1) is 22.6. The number of sulfone groups is 1. The molecule has 0 aliphatic rings. The standard InChI is InChI=1S/C18H14ClN3O7S2/c1-29-16(23)9-21-14-6-4-11(31(2,27)28)8-15(14)30-18(21)20-17(24)12-7-10(19)3-5-13(12)22(25)26/h3-8H,9H2,1-2H3. The molecule has 0 bridgehead atoms. The summed E-state index contributed by atoms with van der Waals surface area (Å²) < 4.78 is 30.2. The number of ether oxygens (including phenoxy) is 1. The van der Waals surface area contributed by atoms with Crippen LogP contribution in [0.15, 0.2) is 46.3 Å². The summed E-state index contributed by atoms with van der Waals surface area (Å²) in [7, 11) is -2.30. The summed E-state index contributed by atoms with van der Waals surface area (Å²) in [5.74, 6) is -1.57. The highest BCUT2D eigenvalue weighted by molar-refractivity contribution is 7.90. The van der Waals surface area contributed by atoms with Crippen molar-refractivity contribution >= 4 is 60.6 Å². The Kier molecular flexibility index (Phi) is 6.25. The number of methoxy groups -OCH3 is 1. The number of nitro groups is 1. The van der Waals surface area contributed by atoms with Crippen LogP contribution < -0.4 is 4.80 Å². The lowest BCUT2D eigenvalue weighted by Gasteiger charge is -2.04. The monoisotopic (exact) mass is 483 g/mol. The van der Waals surface area contributed by atoms with Crippen molar-refractivity contribution in [2.24, 2.45) is 4.99 Å². The Morgan fingerprint density at radius 1 is 1.26 bits per heavy atom. The van der Waals surface area contributed by atoms with Gasteiger partial charge in [0.05, 0.1) is 27.1 Å². The fourth-order valence-corrected chi connectivity index (χ4v) is 4.66. The number of nitrogens with zero attached hydrogens (tertiary/aromatic N) is 3. The van der Waals surface area contributed by atoms with Gasteiger partial charge in [-0.05, 0) is 30.3 Å². The van der Waals surface area contributed by atoms with Gasteiger partial charge < -0.3 is 9.30 Å². The number of benzene rings is 2. The second-order valence-electron chi connectivity index (χ2n) is 6.28. The van der Waals surface area contributed by atoms with E-state index in [0.29, 0.717) is 10.2 Å². The lowest BCUT2D eigenvalue weighted by Crippen LogP contribution is -2.22. The molecule has 3 aromatic rings. The highest BCUT2D eigenvalue weighted by atomic mass is 35.5. The maximum Gasteiger partial charge on any atom is 0.325 e. The molecule has 10 nitrogen and oxygen atoms in total. The van der Waals surface area contributed by atoms with Crippen molar-refractivity contribution in [1.82, 2.24) is 4.57 Å². The summed E-state index contributed by atoms with van der Waals surface area (Å²) in [5, 5.41) is 11.4. The largest absolute Gasteiger partial charge is 0.468 e. The molecule has 1 aromatic heterocycles. The number of halogens is 1. The van der Waals surface area contributed by atoms with Crippen LogP contribution in [-0.4, -0.2) is 43.2 Å². The molecule has 2 aromatic carbocycles. The fourth-order valence-electron chi connectivity index (χ4n) is 2.70. The van der Waals surface area contributed by atoms with Crippen LogP contribution in [-0.2, 0) is 25.9 Å². The molecular weight excluding hydrogens is 470 g/mol. The van der Waals surface area contributed by atoms with Crippen LogP contribution in [0.4, 0.5) is 5.69 Å². The van der Waals surface area contributed by atoms with Crippen LogP contribution in [0.1, 0.15) is 10.4 Å². The van der Waals surface area contributed by atoms with E-state index >= 15 is 0 Å². The van der Waals surface area contributed by atoms with Gasteiger partial charge in [0.1, 0.15) is 12.1 Å². The lowest BCUT2D eigenvalue weighted by atomic mass is 10.2. The molecule has 0 fully saturated rings. The number of hydrogen-bond acceptors (Lipinski definition) is 8. The fraction of sp³-hybridized carbons (Fsp3) is 0.167. The molecular formula is C18H14ClN3O7S2. The minimum atomic E-state index is -3.49. The molecule has 0 unspecified atom stereocenters. The van der Waals surface area contributed by atoms with Gasteiger partial charge in [0.2, 0.25) is 0 Å². The third kappa shape index (κ3) is 4.81. The van der Waals surface area contributed by atoms with Crippen molar-refractivity contribution in [3.05, 3.63) is 61.9 Å². The van der Waals surface area contributed by atoms with Crippen LogP contribution in [0.3, 0.4) is 0 Å². The minimum absolute atomic E-state index is 0.0327. The normalized spacial score (nSPS) is 12.2. The van der Waals surface area contributed by atoms with E-state index in [2.05, 4.69) is 9.73 Å². The molecule has 13 heteroatoms. The lowest BCUT2D eigenvalue weighted by molar-refractivity contribution is -0.385. The highest BCUT2D eigenvalue weighted by Crippen LogP contribution is 2.25. The molecule has 162 valence electrons. The summed E-state index contributed by atoms with van der Waals surface area (Å²) in [6.45, 7) is -0.307. The second-order valence-corrected chi connectivity index (χ2v) is 9.75. The number of aromatic nitrogens is 1. The predicted molar refractivity (Wildman–Crippen MR) is 113 cm³/mol. The molecule has 0 atom stereocenters. The summed E-state index contributed by atoms with van der Waals surface area (Å²) in [4.78, 5) is 39.2. The average Bonchev–Trinajstić information content (AvgIpc) is 3.03. The summed E-state index contributed by atoms with van der Waals surface area (Å²) >= 11 is 6.82. The van der Waals surface area contributed by atoms with E-state index in [1.165, 1.54) is 35.9 Å². The third-order valence-corrected chi connectivity index (χ3v) is 6.57. The van der Waals surface area contributed by atoms with Gasteiger partial charge in [-0.15, -0.1) is 0 Å². The van der Waals surface area contributed by atoms with E-state index in [4.69, 9.17) is 11.6 Å². The van der Waals surface area contributed by atoms with Crippen molar-refractivity contribution in [1.29, 1.82) is 0 Å². The topological polar surface area (TPSA) is 138 Å². The van der Waals surface area contributed by atoms with E-state index in [1.54, 1.807) is 0 Å². The summed E-state index contributed by atoms with van der Waals surface area (Å²) in [5.41, 5.74) is -0.357. The Balaban J connectivity index is 2.25. The van der Waals surface area contributed by atoms with Gasteiger partial charge in [0.25, 0.3) is 11.6 Å². The van der Waals surface area contributed by atoms with Gasteiger partial charge >= 0.3 is 5.97 Å². The van der Waals surface area contributed by atoms with Crippen molar-refractivity contribution in [2.75, 3.05) is 13.4 Å². The SMILES string of the molecule is COC(=O)Cn1c(=NC(=O)c2cc(Cl)ccc2[N+](=O)[O-])sc2cc(S(C)(=O)=O)ccc21. The van der Waals surface area contributed by atoms with E-state index < -0.39 is 32.3 Å². The number of fused-ring (bicyclic) bond motifs is 1. The molecule has 1 heterocycles. The van der Waals surface area contributed by atoms with E-state index in [1.807, 2.05) is 0 Å². The van der Waals surface area contributed by atoms with E-state index in [-0.39, 0.29) is 26.8 Å². The maximum atomic E-state index is 12.8. The van der Waals surface area contributed by atoms with Crippen LogP contribution in [0.25, 0.3) is 10.2 Å². The number of thiazole rings is 1. The van der Waals surface area contributed by atoms with E-state index in [0.717, 1.165) is 29.7 Å². The number of rotatable bonds is 5. The Bertz CT molecular complexity index is 1410. The van der Waals surface area contributed by atoms with E-state index in [9.17, 15) is 28.1 Å². The number of hydrogen-bond donors (Lipinski definition) is 0. The molecule has 1 amide bonds.